The highest BCUT2D eigenvalue weighted by molar-refractivity contribution is 9.10. The molecule has 0 saturated heterocycles. The monoisotopic (exact) mass is 234 g/mol. The first-order valence-electron chi connectivity index (χ1n) is 3.09. The number of pyridine rings is 1. The first-order chi connectivity index (χ1) is 5.11. The van der Waals surface area contributed by atoms with Gasteiger partial charge < -0.3 is 4.90 Å². The Morgan fingerprint density at radius 2 is 2.18 bits per heavy atom. The molecule has 1 aromatic heterocycles. The Hall–Kier alpha value is -0.280. The first kappa shape index (κ1) is 8.81. The second-order valence-electron chi connectivity index (χ2n) is 2.36. The van der Waals surface area contributed by atoms with E-state index in [4.69, 9.17) is 11.6 Å². The average Bonchev–Trinajstić information content (AvgIpc) is 1.94. The van der Waals surface area contributed by atoms with Crippen LogP contribution in [0.2, 0.25) is 5.15 Å². The van der Waals surface area contributed by atoms with Gasteiger partial charge in [-0.3, -0.25) is 0 Å². The van der Waals surface area contributed by atoms with Crippen LogP contribution < -0.4 is 4.90 Å². The largest absolute Gasteiger partial charge is 0.376 e. The smallest absolute Gasteiger partial charge is 0.143 e. The molecule has 1 rings (SSSR count). The van der Waals surface area contributed by atoms with Crippen LogP contribution in [0.1, 0.15) is 0 Å². The third-order valence-corrected chi connectivity index (χ3v) is 2.43. The van der Waals surface area contributed by atoms with E-state index in [9.17, 15) is 0 Å². The van der Waals surface area contributed by atoms with Crippen molar-refractivity contribution < 1.29 is 0 Å². The van der Waals surface area contributed by atoms with Crippen LogP contribution in [0.3, 0.4) is 0 Å². The molecule has 0 aliphatic rings. The van der Waals surface area contributed by atoms with Gasteiger partial charge in [-0.2, -0.15) is 0 Å². The Kier molecular flexibility index (Phi) is 2.73. The van der Waals surface area contributed by atoms with E-state index in [-0.39, 0.29) is 0 Å². The van der Waals surface area contributed by atoms with Gasteiger partial charge in [0, 0.05) is 14.1 Å². The highest BCUT2D eigenvalue weighted by atomic mass is 79.9. The Balaban J connectivity index is 3.05. The Morgan fingerprint density at radius 1 is 1.55 bits per heavy atom. The Morgan fingerprint density at radius 3 is 2.64 bits per heavy atom. The van der Waals surface area contributed by atoms with E-state index in [1.165, 1.54) is 0 Å². The molecule has 0 aliphatic carbocycles. The van der Waals surface area contributed by atoms with Gasteiger partial charge in [0.25, 0.3) is 0 Å². The van der Waals surface area contributed by atoms with Crippen LogP contribution in [-0.2, 0) is 0 Å². The molecular formula is C7H8BrClN2. The maximum Gasteiger partial charge on any atom is 0.143 e. The van der Waals surface area contributed by atoms with Crippen molar-refractivity contribution in [2.75, 3.05) is 19.0 Å². The number of anilines is 1. The molecule has 1 aromatic rings. The van der Waals surface area contributed by atoms with E-state index in [1.54, 1.807) is 6.20 Å². The van der Waals surface area contributed by atoms with Crippen LogP contribution in [-0.4, -0.2) is 19.1 Å². The van der Waals surface area contributed by atoms with Crippen LogP contribution in [0.25, 0.3) is 0 Å². The van der Waals surface area contributed by atoms with Crippen LogP contribution >= 0.6 is 27.5 Å². The molecule has 0 aromatic carbocycles. The number of rotatable bonds is 1. The normalized spacial score (nSPS) is 9.82. The summed E-state index contributed by atoms with van der Waals surface area (Å²) >= 11 is 9.00. The zero-order valence-electron chi connectivity index (χ0n) is 6.31. The second-order valence-corrected chi connectivity index (χ2v) is 3.57. The number of hydrogen-bond acceptors (Lipinski definition) is 2. The van der Waals surface area contributed by atoms with E-state index in [0.29, 0.717) is 5.15 Å². The minimum Gasteiger partial charge on any atom is -0.376 e. The van der Waals surface area contributed by atoms with Crippen molar-refractivity contribution in [1.29, 1.82) is 0 Å². The predicted molar refractivity (Wildman–Crippen MR) is 51.3 cm³/mol. The summed E-state index contributed by atoms with van der Waals surface area (Å²) in [4.78, 5) is 5.94. The second kappa shape index (κ2) is 3.41. The van der Waals surface area contributed by atoms with Gasteiger partial charge in [-0.1, -0.05) is 11.6 Å². The van der Waals surface area contributed by atoms with E-state index < -0.39 is 0 Å². The zero-order chi connectivity index (χ0) is 8.43. The zero-order valence-corrected chi connectivity index (χ0v) is 8.65. The molecule has 11 heavy (non-hydrogen) atoms. The van der Waals surface area contributed by atoms with Crippen LogP contribution in [0.4, 0.5) is 5.69 Å². The van der Waals surface area contributed by atoms with E-state index in [1.807, 2.05) is 25.1 Å². The molecule has 0 saturated carbocycles. The maximum atomic E-state index is 5.71. The van der Waals surface area contributed by atoms with Crippen molar-refractivity contribution in [3.8, 4) is 0 Å². The summed E-state index contributed by atoms with van der Waals surface area (Å²) in [6, 6.07) is 1.93. The molecular weight excluding hydrogens is 227 g/mol. The SMILES string of the molecule is CN(C)c1cnc(Cl)c(Br)c1. The Bertz CT molecular complexity index is 263. The molecule has 0 fully saturated rings. The molecule has 0 atom stereocenters. The molecule has 0 spiro atoms. The predicted octanol–water partition coefficient (Wildman–Crippen LogP) is 2.56. The molecule has 1 heterocycles. The maximum absolute atomic E-state index is 5.71. The molecule has 0 radical (unpaired) electrons. The molecule has 60 valence electrons. The third kappa shape index (κ3) is 2.07. The molecule has 0 bridgehead atoms. The highest BCUT2D eigenvalue weighted by Gasteiger charge is 2.00. The van der Waals surface area contributed by atoms with Gasteiger partial charge in [0.15, 0.2) is 0 Å². The fourth-order valence-corrected chi connectivity index (χ4v) is 1.10. The molecule has 0 amide bonds. The standard InChI is InChI=1S/C7H8BrClN2/c1-11(2)5-3-6(8)7(9)10-4-5/h3-4H,1-2H3. The van der Waals surface area contributed by atoms with Gasteiger partial charge in [0.2, 0.25) is 0 Å². The Labute approximate surface area is 79.3 Å². The number of halogens is 2. The summed E-state index contributed by atoms with van der Waals surface area (Å²) in [5.41, 5.74) is 1.03. The van der Waals surface area contributed by atoms with Crippen molar-refractivity contribution in [2.45, 2.75) is 0 Å². The van der Waals surface area contributed by atoms with Crippen LogP contribution in [0.5, 0.6) is 0 Å². The summed E-state index contributed by atoms with van der Waals surface area (Å²) < 4.78 is 0.824. The molecule has 0 unspecified atom stereocenters. The summed E-state index contributed by atoms with van der Waals surface area (Å²) in [6.45, 7) is 0. The lowest BCUT2D eigenvalue weighted by molar-refractivity contribution is 1.11. The fourth-order valence-electron chi connectivity index (χ4n) is 0.656. The topological polar surface area (TPSA) is 16.1 Å². The molecule has 4 heteroatoms. The van der Waals surface area contributed by atoms with Crippen molar-refractivity contribution in [1.82, 2.24) is 4.98 Å². The fraction of sp³-hybridized carbons (Fsp3) is 0.286. The van der Waals surface area contributed by atoms with Crippen molar-refractivity contribution >= 4 is 33.2 Å². The van der Waals surface area contributed by atoms with E-state index in [2.05, 4.69) is 20.9 Å². The van der Waals surface area contributed by atoms with Crippen LogP contribution in [0.15, 0.2) is 16.7 Å². The van der Waals surface area contributed by atoms with Gasteiger partial charge in [0.05, 0.1) is 16.4 Å². The van der Waals surface area contributed by atoms with E-state index >= 15 is 0 Å². The average molecular weight is 236 g/mol. The quantitative estimate of drug-likeness (QED) is 0.696. The van der Waals surface area contributed by atoms with E-state index in [0.717, 1.165) is 10.2 Å². The lowest BCUT2D eigenvalue weighted by atomic mass is 10.4. The van der Waals surface area contributed by atoms with Gasteiger partial charge in [0.1, 0.15) is 5.15 Å². The van der Waals surface area contributed by atoms with Gasteiger partial charge >= 0.3 is 0 Å². The van der Waals surface area contributed by atoms with Crippen molar-refractivity contribution in [3.63, 3.8) is 0 Å². The lowest BCUT2D eigenvalue weighted by Crippen LogP contribution is -2.08. The number of nitrogens with zero attached hydrogens (tertiary/aromatic N) is 2. The summed E-state index contributed by atoms with van der Waals surface area (Å²) in [7, 11) is 3.91. The number of hydrogen-bond donors (Lipinski definition) is 0. The van der Waals surface area contributed by atoms with Crippen LogP contribution in [0, 0.1) is 0 Å². The minimum atomic E-state index is 0.496. The molecule has 2 nitrogen and oxygen atoms in total. The third-order valence-electron chi connectivity index (χ3n) is 1.30. The summed E-state index contributed by atoms with van der Waals surface area (Å²) in [5, 5.41) is 0.496. The number of aromatic nitrogens is 1. The van der Waals surface area contributed by atoms with Crippen molar-refractivity contribution in [3.05, 3.63) is 21.9 Å². The highest BCUT2D eigenvalue weighted by Crippen LogP contribution is 2.23. The minimum absolute atomic E-state index is 0.496. The van der Waals surface area contributed by atoms with Crippen molar-refractivity contribution in [2.24, 2.45) is 0 Å². The van der Waals surface area contributed by atoms with Gasteiger partial charge in [-0.05, 0) is 22.0 Å². The summed E-state index contributed by atoms with van der Waals surface area (Å²) in [6.07, 6.45) is 1.73. The first-order valence-corrected chi connectivity index (χ1v) is 4.26. The molecule has 0 N–H and O–H groups in total. The lowest BCUT2D eigenvalue weighted by Gasteiger charge is -2.11. The summed E-state index contributed by atoms with van der Waals surface area (Å²) in [5.74, 6) is 0. The van der Waals surface area contributed by atoms with Gasteiger partial charge in [-0.15, -0.1) is 0 Å². The van der Waals surface area contributed by atoms with Gasteiger partial charge in [-0.25, -0.2) is 4.98 Å². The molecule has 0 aliphatic heterocycles.